The Morgan fingerprint density at radius 2 is 2.28 bits per heavy atom. The molecule has 1 fully saturated rings. The highest BCUT2D eigenvalue weighted by molar-refractivity contribution is 5.82. The van der Waals surface area contributed by atoms with Gasteiger partial charge in [-0.2, -0.15) is 0 Å². The van der Waals surface area contributed by atoms with Gasteiger partial charge in [0.05, 0.1) is 5.69 Å². The van der Waals surface area contributed by atoms with Crippen LogP contribution in [0.5, 0.6) is 0 Å². The van der Waals surface area contributed by atoms with Gasteiger partial charge in [-0.25, -0.2) is 0 Å². The molecule has 18 heavy (non-hydrogen) atoms. The molecule has 0 saturated carbocycles. The minimum absolute atomic E-state index is 0.194. The summed E-state index contributed by atoms with van der Waals surface area (Å²) in [4.78, 5) is 16.4. The summed E-state index contributed by atoms with van der Waals surface area (Å²) >= 11 is 0. The molecule has 0 spiro atoms. The number of nitrogens with zero attached hydrogens (tertiary/aromatic N) is 3. The molecule has 4 nitrogen and oxygen atoms in total. The van der Waals surface area contributed by atoms with Crippen molar-refractivity contribution in [3.05, 3.63) is 24.0 Å². The highest BCUT2D eigenvalue weighted by Crippen LogP contribution is 2.27. The number of amides is 1. The molecule has 2 rings (SSSR count). The van der Waals surface area contributed by atoms with Crippen LogP contribution in [0.25, 0.3) is 0 Å². The Hall–Kier alpha value is -1.58. The van der Waals surface area contributed by atoms with Gasteiger partial charge >= 0.3 is 0 Å². The third-order valence-electron chi connectivity index (χ3n) is 3.76. The van der Waals surface area contributed by atoms with Crippen molar-refractivity contribution >= 4 is 11.6 Å². The molecule has 0 bridgehead atoms. The number of carbonyl (C=O) groups excluding carboxylic acids is 1. The molecule has 0 aromatic carbocycles. The third kappa shape index (κ3) is 2.19. The summed E-state index contributed by atoms with van der Waals surface area (Å²) < 4.78 is 0. The highest BCUT2D eigenvalue weighted by Gasteiger charge is 2.33. The largest absolute Gasteiger partial charge is 0.286 e. The molecule has 98 valence electrons. The molecule has 1 saturated heterocycles. The number of rotatable bonds is 4. The molecule has 0 N–H and O–H groups in total. The van der Waals surface area contributed by atoms with Crippen LogP contribution < -0.4 is 5.01 Å². The minimum Gasteiger partial charge on any atom is -0.286 e. The number of aromatic nitrogens is 1. The predicted octanol–water partition coefficient (Wildman–Crippen LogP) is 2.25. The van der Waals surface area contributed by atoms with E-state index in [4.69, 9.17) is 0 Å². The first-order valence-electron chi connectivity index (χ1n) is 6.66. The maximum Gasteiger partial charge on any atom is 0.244 e. The highest BCUT2D eigenvalue weighted by atomic mass is 16.2. The van der Waals surface area contributed by atoms with Crippen LogP contribution in [0.2, 0.25) is 0 Å². The number of aryl methyl sites for hydroxylation is 1. The second-order valence-electron chi connectivity index (χ2n) is 4.74. The Bertz CT molecular complexity index is 433. The van der Waals surface area contributed by atoms with Crippen molar-refractivity contribution in [2.45, 2.75) is 33.1 Å². The van der Waals surface area contributed by atoms with Crippen LogP contribution in [0.1, 0.15) is 32.3 Å². The first kappa shape index (κ1) is 12.9. The third-order valence-corrected chi connectivity index (χ3v) is 3.76. The fourth-order valence-corrected chi connectivity index (χ4v) is 2.54. The second-order valence-corrected chi connectivity index (χ2v) is 4.74. The van der Waals surface area contributed by atoms with Crippen molar-refractivity contribution in [3.8, 4) is 0 Å². The Labute approximate surface area is 109 Å². The van der Waals surface area contributed by atoms with Crippen molar-refractivity contribution in [2.75, 3.05) is 18.6 Å². The molecule has 1 atom stereocenters. The average molecular weight is 247 g/mol. The van der Waals surface area contributed by atoms with E-state index >= 15 is 0 Å². The fourth-order valence-electron chi connectivity index (χ4n) is 2.54. The van der Waals surface area contributed by atoms with Gasteiger partial charge in [0.15, 0.2) is 0 Å². The number of hydrazine groups is 1. The van der Waals surface area contributed by atoms with E-state index in [2.05, 4.69) is 18.8 Å². The van der Waals surface area contributed by atoms with Crippen LogP contribution in [0, 0.1) is 5.92 Å². The van der Waals surface area contributed by atoms with Crippen molar-refractivity contribution in [2.24, 2.45) is 5.92 Å². The van der Waals surface area contributed by atoms with Crippen molar-refractivity contribution in [1.29, 1.82) is 0 Å². The van der Waals surface area contributed by atoms with Gasteiger partial charge in [0.25, 0.3) is 0 Å². The van der Waals surface area contributed by atoms with Gasteiger partial charge in [0.1, 0.15) is 0 Å². The van der Waals surface area contributed by atoms with E-state index in [1.165, 1.54) is 5.56 Å². The lowest BCUT2D eigenvalue weighted by Gasteiger charge is -2.31. The Morgan fingerprint density at radius 3 is 2.89 bits per heavy atom. The zero-order valence-electron chi connectivity index (χ0n) is 11.4. The zero-order valence-corrected chi connectivity index (χ0v) is 11.4. The van der Waals surface area contributed by atoms with Crippen molar-refractivity contribution < 1.29 is 4.79 Å². The summed E-state index contributed by atoms with van der Waals surface area (Å²) in [5.41, 5.74) is 2.25. The smallest absolute Gasteiger partial charge is 0.244 e. The van der Waals surface area contributed by atoms with Crippen LogP contribution in [0.15, 0.2) is 18.5 Å². The molecule has 2 heterocycles. The number of hydrogen-bond donors (Lipinski definition) is 0. The van der Waals surface area contributed by atoms with Crippen LogP contribution in [-0.4, -0.2) is 29.5 Å². The van der Waals surface area contributed by atoms with Gasteiger partial charge in [0, 0.05) is 31.9 Å². The van der Waals surface area contributed by atoms with E-state index in [0.29, 0.717) is 0 Å². The summed E-state index contributed by atoms with van der Waals surface area (Å²) in [7, 11) is 1.96. The molecular formula is C14H21N3O. The molecule has 4 heteroatoms. The maximum absolute atomic E-state index is 12.2. The lowest BCUT2D eigenvalue weighted by molar-refractivity contribution is -0.131. The topological polar surface area (TPSA) is 36.4 Å². The first-order valence-corrected chi connectivity index (χ1v) is 6.66. The molecule has 0 aliphatic carbocycles. The van der Waals surface area contributed by atoms with E-state index < -0.39 is 0 Å². The van der Waals surface area contributed by atoms with Crippen molar-refractivity contribution in [1.82, 2.24) is 9.99 Å². The lowest BCUT2D eigenvalue weighted by Crippen LogP contribution is -2.42. The Kier molecular flexibility index (Phi) is 3.84. The average Bonchev–Trinajstić information content (AvgIpc) is 2.79. The summed E-state index contributed by atoms with van der Waals surface area (Å²) in [6.45, 7) is 5.00. The van der Waals surface area contributed by atoms with E-state index in [0.717, 1.165) is 31.5 Å². The SMILES string of the molecule is CCc1cnccc1N(C)N1CCC(CC)C1=O. The Morgan fingerprint density at radius 1 is 1.50 bits per heavy atom. The zero-order chi connectivity index (χ0) is 13.1. The van der Waals surface area contributed by atoms with E-state index in [-0.39, 0.29) is 11.8 Å². The van der Waals surface area contributed by atoms with Crippen molar-refractivity contribution in [3.63, 3.8) is 0 Å². The van der Waals surface area contributed by atoms with Gasteiger partial charge in [-0.3, -0.25) is 19.8 Å². The summed E-state index contributed by atoms with van der Waals surface area (Å²) in [6.07, 6.45) is 6.48. The normalized spacial score (nSPS) is 19.4. The van der Waals surface area contributed by atoms with Gasteiger partial charge in [-0.1, -0.05) is 13.8 Å². The van der Waals surface area contributed by atoms with E-state index in [9.17, 15) is 4.79 Å². The summed E-state index contributed by atoms with van der Waals surface area (Å²) in [5, 5.41) is 3.85. The molecule has 1 amide bonds. The Balaban J connectivity index is 2.21. The lowest BCUT2D eigenvalue weighted by atomic mass is 10.1. The molecule has 1 aliphatic heterocycles. The van der Waals surface area contributed by atoms with Gasteiger partial charge in [-0.15, -0.1) is 0 Å². The molecule has 1 unspecified atom stereocenters. The van der Waals surface area contributed by atoms with E-state index in [1.807, 2.05) is 29.3 Å². The summed E-state index contributed by atoms with van der Waals surface area (Å²) in [6, 6.07) is 1.98. The van der Waals surface area contributed by atoms with E-state index in [1.54, 1.807) is 6.20 Å². The fraction of sp³-hybridized carbons (Fsp3) is 0.571. The van der Waals surface area contributed by atoms with Gasteiger partial charge in [0.2, 0.25) is 5.91 Å². The quantitative estimate of drug-likeness (QED) is 0.819. The predicted molar refractivity (Wildman–Crippen MR) is 72.1 cm³/mol. The van der Waals surface area contributed by atoms with Crippen LogP contribution in [-0.2, 0) is 11.2 Å². The molecule has 1 aliphatic rings. The first-order chi connectivity index (χ1) is 8.69. The number of anilines is 1. The van der Waals surface area contributed by atoms with Gasteiger partial charge in [-0.05, 0) is 30.9 Å². The monoisotopic (exact) mass is 247 g/mol. The van der Waals surface area contributed by atoms with Gasteiger partial charge < -0.3 is 0 Å². The summed E-state index contributed by atoms with van der Waals surface area (Å²) in [5.74, 6) is 0.443. The van der Waals surface area contributed by atoms with Crippen LogP contribution in [0.4, 0.5) is 5.69 Å². The number of pyridine rings is 1. The molecule has 1 aromatic rings. The molecule has 0 radical (unpaired) electrons. The number of hydrogen-bond acceptors (Lipinski definition) is 3. The molecular weight excluding hydrogens is 226 g/mol. The standard InChI is InChI=1S/C14H21N3O/c1-4-11-7-9-17(14(11)18)16(3)13-6-8-15-10-12(13)5-2/h6,8,10-11H,4-5,7,9H2,1-3H3. The minimum atomic E-state index is 0.194. The van der Waals surface area contributed by atoms with Crippen LogP contribution >= 0.6 is 0 Å². The number of carbonyl (C=O) groups is 1. The van der Waals surface area contributed by atoms with Crippen LogP contribution in [0.3, 0.4) is 0 Å². The maximum atomic E-state index is 12.2. The second kappa shape index (κ2) is 5.38. The molecule has 1 aromatic heterocycles.